The first-order chi connectivity index (χ1) is 14.3. The number of unbranched alkanes of at least 4 members (excludes halogenated alkanes) is 3. The number of rotatable bonds is 9. The SMILES string of the molecule is CCNC(=NCCCCCCC(=O)OC(C)(C)C)N1CCC(C)C(n2ccnc2)C1. The van der Waals surface area contributed by atoms with Crippen molar-refractivity contribution in [3.05, 3.63) is 18.7 Å². The summed E-state index contributed by atoms with van der Waals surface area (Å²) < 4.78 is 7.58. The van der Waals surface area contributed by atoms with Crippen molar-refractivity contribution in [2.45, 2.75) is 84.8 Å². The van der Waals surface area contributed by atoms with Crippen LogP contribution < -0.4 is 5.32 Å². The maximum atomic E-state index is 11.8. The lowest BCUT2D eigenvalue weighted by atomic mass is 9.93. The van der Waals surface area contributed by atoms with E-state index in [1.807, 2.05) is 33.3 Å². The first-order valence-corrected chi connectivity index (χ1v) is 11.5. The summed E-state index contributed by atoms with van der Waals surface area (Å²) in [6.07, 6.45) is 11.5. The van der Waals surface area contributed by atoms with Gasteiger partial charge in [0.05, 0.1) is 12.4 Å². The van der Waals surface area contributed by atoms with E-state index in [0.29, 0.717) is 18.4 Å². The third kappa shape index (κ3) is 8.36. The average Bonchev–Trinajstić information content (AvgIpc) is 3.20. The van der Waals surface area contributed by atoms with Crippen LogP contribution in [-0.4, -0.2) is 58.2 Å². The zero-order valence-corrected chi connectivity index (χ0v) is 19.6. The third-order valence-electron chi connectivity index (χ3n) is 5.43. The predicted octanol–water partition coefficient (Wildman–Crippen LogP) is 4.02. The summed E-state index contributed by atoms with van der Waals surface area (Å²) >= 11 is 0. The van der Waals surface area contributed by atoms with Gasteiger partial charge in [0.2, 0.25) is 0 Å². The van der Waals surface area contributed by atoms with Crippen LogP contribution >= 0.6 is 0 Å². The minimum Gasteiger partial charge on any atom is -0.460 e. The van der Waals surface area contributed by atoms with E-state index in [1.54, 1.807) is 0 Å². The van der Waals surface area contributed by atoms with Crippen LogP contribution in [0.3, 0.4) is 0 Å². The number of aliphatic imine (C=N–C) groups is 1. The molecule has 0 amide bonds. The van der Waals surface area contributed by atoms with Crippen LogP contribution in [0.4, 0.5) is 0 Å². The molecule has 1 N–H and O–H groups in total. The highest BCUT2D eigenvalue weighted by Crippen LogP contribution is 2.27. The molecule has 1 aromatic rings. The summed E-state index contributed by atoms with van der Waals surface area (Å²) in [6.45, 7) is 13.8. The largest absolute Gasteiger partial charge is 0.460 e. The van der Waals surface area contributed by atoms with Gasteiger partial charge in [-0.25, -0.2) is 4.98 Å². The maximum Gasteiger partial charge on any atom is 0.306 e. The van der Waals surface area contributed by atoms with Gasteiger partial charge >= 0.3 is 5.97 Å². The van der Waals surface area contributed by atoms with E-state index in [9.17, 15) is 4.79 Å². The smallest absolute Gasteiger partial charge is 0.306 e. The van der Waals surface area contributed by atoms with Gasteiger partial charge in [-0.2, -0.15) is 0 Å². The van der Waals surface area contributed by atoms with E-state index < -0.39 is 5.60 Å². The highest BCUT2D eigenvalue weighted by atomic mass is 16.6. The molecule has 1 aliphatic rings. The summed E-state index contributed by atoms with van der Waals surface area (Å²) in [7, 11) is 0. The number of piperidine rings is 1. The number of aromatic nitrogens is 2. The number of likely N-dealkylation sites (tertiary alicyclic amines) is 1. The molecule has 1 aromatic heterocycles. The molecule has 1 aliphatic heterocycles. The molecule has 2 heterocycles. The van der Waals surface area contributed by atoms with E-state index in [0.717, 1.165) is 64.2 Å². The van der Waals surface area contributed by atoms with E-state index in [-0.39, 0.29) is 5.97 Å². The number of esters is 1. The normalized spacial score (nSPS) is 20.3. The zero-order valence-electron chi connectivity index (χ0n) is 19.6. The summed E-state index contributed by atoms with van der Waals surface area (Å²) in [4.78, 5) is 23.2. The predicted molar refractivity (Wildman–Crippen MR) is 122 cm³/mol. The summed E-state index contributed by atoms with van der Waals surface area (Å²) in [5.41, 5.74) is -0.391. The lowest BCUT2D eigenvalue weighted by Crippen LogP contribution is -2.49. The number of carbonyl (C=O) groups is 1. The fourth-order valence-corrected chi connectivity index (χ4v) is 3.83. The van der Waals surface area contributed by atoms with Crippen molar-refractivity contribution in [2.24, 2.45) is 10.9 Å². The second-order valence-electron chi connectivity index (χ2n) is 9.28. The van der Waals surface area contributed by atoms with Crippen LogP contribution in [0.1, 0.15) is 79.2 Å². The average molecular weight is 420 g/mol. The number of hydrogen-bond acceptors (Lipinski definition) is 4. The molecule has 170 valence electrons. The Kier molecular flexibility index (Phi) is 9.66. The molecule has 2 rings (SSSR count). The molecule has 0 aliphatic carbocycles. The highest BCUT2D eigenvalue weighted by Gasteiger charge is 2.28. The maximum absolute atomic E-state index is 11.8. The van der Waals surface area contributed by atoms with Gasteiger partial charge in [0.25, 0.3) is 0 Å². The number of ether oxygens (including phenoxy) is 1. The number of hydrogen-bond donors (Lipinski definition) is 1. The minimum atomic E-state index is -0.391. The van der Waals surface area contributed by atoms with E-state index in [4.69, 9.17) is 9.73 Å². The lowest BCUT2D eigenvalue weighted by Gasteiger charge is -2.39. The molecule has 7 heteroatoms. The van der Waals surface area contributed by atoms with Crippen LogP contribution in [0.15, 0.2) is 23.7 Å². The fraction of sp³-hybridized carbons (Fsp3) is 0.783. The van der Waals surface area contributed by atoms with Gasteiger partial charge in [0, 0.05) is 45.0 Å². The number of nitrogens with zero attached hydrogens (tertiary/aromatic N) is 4. The monoisotopic (exact) mass is 419 g/mol. The number of imidazole rings is 1. The van der Waals surface area contributed by atoms with Gasteiger partial charge in [-0.05, 0) is 52.9 Å². The Morgan fingerprint density at radius 1 is 1.27 bits per heavy atom. The van der Waals surface area contributed by atoms with Gasteiger partial charge in [0.1, 0.15) is 5.60 Å². The van der Waals surface area contributed by atoms with E-state index >= 15 is 0 Å². The molecule has 0 saturated carbocycles. The van der Waals surface area contributed by atoms with Crippen LogP contribution in [0, 0.1) is 5.92 Å². The molecule has 1 fully saturated rings. The number of nitrogens with one attached hydrogen (secondary N) is 1. The fourth-order valence-electron chi connectivity index (χ4n) is 3.83. The standard InChI is InChI=1S/C23H41N5O2/c1-6-25-22(26-13-10-8-7-9-11-21(29)30-23(3,4)5)27-15-12-19(2)20(17-27)28-16-14-24-18-28/h14,16,18-20H,6-13,15,17H2,1-5H3,(H,25,26). The Hall–Kier alpha value is -2.05. The second-order valence-corrected chi connectivity index (χ2v) is 9.28. The first kappa shape index (κ1) is 24.2. The molecular formula is C23H41N5O2. The van der Waals surface area contributed by atoms with Gasteiger partial charge < -0.3 is 19.5 Å². The number of carbonyl (C=O) groups excluding carboxylic acids is 1. The molecule has 0 spiro atoms. The van der Waals surface area contributed by atoms with Gasteiger partial charge in [-0.3, -0.25) is 9.79 Å². The van der Waals surface area contributed by atoms with Crippen molar-refractivity contribution < 1.29 is 9.53 Å². The molecule has 7 nitrogen and oxygen atoms in total. The Bertz CT molecular complexity index is 651. The van der Waals surface area contributed by atoms with E-state index in [1.165, 1.54) is 0 Å². The Morgan fingerprint density at radius 2 is 2.03 bits per heavy atom. The van der Waals surface area contributed by atoms with Gasteiger partial charge in [-0.1, -0.05) is 19.8 Å². The van der Waals surface area contributed by atoms with Gasteiger partial charge in [0.15, 0.2) is 5.96 Å². The quantitative estimate of drug-likeness (QED) is 0.283. The minimum absolute atomic E-state index is 0.0956. The van der Waals surface area contributed by atoms with Crippen LogP contribution in [0.25, 0.3) is 0 Å². The number of guanidine groups is 1. The zero-order chi connectivity index (χ0) is 22.0. The molecule has 30 heavy (non-hydrogen) atoms. The summed E-state index contributed by atoms with van der Waals surface area (Å²) in [5, 5.41) is 3.46. The van der Waals surface area contributed by atoms with Crippen molar-refractivity contribution in [3.63, 3.8) is 0 Å². The lowest BCUT2D eigenvalue weighted by molar-refractivity contribution is -0.154. The van der Waals surface area contributed by atoms with Gasteiger partial charge in [-0.15, -0.1) is 0 Å². The Balaban J connectivity index is 1.74. The van der Waals surface area contributed by atoms with Crippen molar-refractivity contribution in [1.29, 1.82) is 0 Å². The Morgan fingerprint density at radius 3 is 2.70 bits per heavy atom. The van der Waals surface area contributed by atoms with E-state index in [2.05, 4.69) is 39.8 Å². The molecule has 0 radical (unpaired) electrons. The first-order valence-electron chi connectivity index (χ1n) is 11.5. The molecular weight excluding hydrogens is 378 g/mol. The van der Waals surface area contributed by atoms with Crippen LogP contribution in [0.2, 0.25) is 0 Å². The summed E-state index contributed by atoms with van der Waals surface area (Å²) in [5.74, 6) is 1.55. The Labute approximate surface area is 182 Å². The molecule has 0 aromatic carbocycles. The van der Waals surface area contributed by atoms with Crippen molar-refractivity contribution >= 4 is 11.9 Å². The highest BCUT2D eigenvalue weighted by molar-refractivity contribution is 5.80. The molecule has 2 unspecified atom stereocenters. The molecule has 2 atom stereocenters. The van der Waals surface area contributed by atoms with Crippen LogP contribution in [0.5, 0.6) is 0 Å². The second kappa shape index (κ2) is 12.0. The molecule has 1 saturated heterocycles. The van der Waals surface area contributed by atoms with Crippen LogP contribution in [-0.2, 0) is 9.53 Å². The third-order valence-corrected chi connectivity index (χ3v) is 5.43. The topological polar surface area (TPSA) is 71.8 Å². The summed E-state index contributed by atoms with van der Waals surface area (Å²) in [6, 6.07) is 0.429. The molecule has 0 bridgehead atoms. The van der Waals surface area contributed by atoms with Crippen molar-refractivity contribution in [2.75, 3.05) is 26.2 Å². The van der Waals surface area contributed by atoms with Crippen molar-refractivity contribution in [1.82, 2.24) is 19.8 Å². The van der Waals surface area contributed by atoms with Crippen molar-refractivity contribution in [3.8, 4) is 0 Å².